The summed E-state index contributed by atoms with van der Waals surface area (Å²) in [4.78, 5) is 54.1. The zero-order valence-corrected chi connectivity index (χ0v) is 16.4. The summed E-state index contributed by atoms with van der Waals surface area (Å²) in [6, 6.07) is -2.10. The van der Waals surface area contributed by atoms with Crippen molar-refractivity contribution >= 4 is 23.8 Å². The van der Waals surface area contributed by atoms with Gasteiger partial charge in [-0.25, -0.2) is 18.8 Å². The van der Waals surface area contributed by atoms with Crippen LogP contribution in [0.5, 0.6) is 0 Å². The summed E-state index contributed by atoms with van der Waals surface area (Å²) < 4.78 is 18.5. The molecule has 0 aromatic carbocycles. The molecule has 3 aliphatic heterocycles. The number of rotatable bonds is 8. The lowest BCUT2D eigenvalue weighted by molar-refractivity contribution is -0.223. The Morgan fingerprint density at radius 3 is 2.83 bits per heavy atom. The highest BCUT2D eigenvalue weighted by atomic mass is 19.1. The van der Waals surface area contributed by atoms with Gasteiger partial charge in [0.25, 0.3) is 0 Å². The predicted octanol–water partition coefficient (Wildman–Crippen LogP) is -0.00370. The molecule has 3 rings (SSSR count). The Bertz CT molecular complexity index is 729. The number of hydroxylamine groups is 2. The van der Waals surface area contributed by atoms with Crippen LogP contribution in [0.4, 0.5) is 9.18 Å². The largest absolute Gasteiger partial charge is 0.462 e. The Morgan fingerprint density at radius 2 is 2.17 bits per heavy atom. The van der Waals surface area contributed by atoms with E-state index in [2.05, 4.69) is 15.4 Å². The summed E-state index contributed by atoms with van der Waals surface area (Å²) in [5.74, 6) is -1.57. The maximum atomic E-state index is 13.9. The normalized spacial score (nSPS) is 26.9. The molecule has 2 saturated heterocycles. The van der Waals surface area contributed by atoms with Crippen LogP contribution in [0.3, 0.4) is 0 Å². The molecule has 0 radical (unpaired) electrons. The van der Waals surface area contributed by atoms with E-state index in [0.29, 0.717) is 25.0 Å². The average molecular weight is 412 g/mol. The Kier molecular flexibility index (Phi) is 6.36. The summed E-state index contributed by atoms with van der Waals surface area (Å²) in [5, 5.41) is 6.39. The molecule has 3 heterocycles. The van der Waals surface area contributed by atoms with E-state index < -0.39 is 30.4 Å². The topological polar surface area (TPSA) is 117 Å². The van der Waals surface area contributed by atoms with Crippen LogP contribution in [0, 0.1) is 0 Å². The van der Waals surface area contributed by atoms with E-state index in [1.165, 1.54) is 11.8 Å². The number of amides is 4. The molecule has 2 bridgehead atoms. The van der Waals surface area contributed by atoms with Gasteiger partial charge in [0, 0.05) is 19.0 Å². The number of nitrogens with one attached hydrogen (secondary N) is 2. The van der Waals surface area contributed by atoms with Gasteiger partial charge in [0.15, 0.2) is 0 Å². The number of carbonyl (C=O) groups is 4. The van der Waals surface area contributed by atoms with Crippen molar-refractivity contribution in [2.45, 2.75) is 57.6 Å². The van der Waals surface area contributed by atoms with Gasteiger partial charge in [-0.1, -0.05) is 6.08 Å². The lowest BCUT2D eigenvalue weighted by Crippen LogP contribution is -2.50. The van der Waals surface area contributed by atoms with Crippen LogP contribution in [0.2, 0.25) is 0 Å². The minimum atomic E-state index is -2.43. The van der Waals surface area contributed by atoms with Crippen molar-refractivity contribution in [2.75, 3.05) is 19.7 Å². The van der Waals surface area contributed by atoms with E-state index in [4.69, 9.17) is 4.84 Å². The minimum absolute atomic E-state index is 0.00941. The molecule has 0 saturated carbocycles. The zero-order chi connectivity index (χ0) is 21.1. The monoisotopic (exact) mass is 412 g/mol. The molecule has 0 aromatic heterocycles. The molecule has 2 fully saturated rings. The van der Waals surface area contributed by atoms with Gasteiger partial charge in [0.1, 0.15) is 6.04 Å². The van der Waals surface area contributed by atoms with Crippen molar-refractivity contribution in [3.05, 3.63) is 11.6 Å². The van der Waals surface area contributed by atoms with Crippen LogP contribution in [-0.4, -0.2) is 78.0 Å². The number of esters is 1. The number of carbonyl (C=O) groups excluding carboxylic acids is 4. The lowest BCUT2D eigenvalue weighted by Gasteiger charge is -2.29. The molecule has 4 amide bonds. The van der Waals surface area contributed by atoms with Gasteiger partial charge in [-0.3, -0.25) is 9.59 Å². The van der Waals surface area contributed by atoms with E-state index >= 15 is 0 Å². The van der Waals surface area contributed by atoms with E-state index in [9.17, 15) is 23.6 Å². The fourth-order valence-electron chi connectivity index (χ4n) is 3.78. The highest BCUT2D eigenvalue weighted by Crippen LogP contribution is 2.30. The standard InChI is InChI=1S/C18H25FN4O6/c1-3-28-17(26)15(19)29-23-12-8-10(2)14(22(9-12)18(23)27)16(25)20-7-6-11-4-5-13(24)21-11/h8,11-12,14-15H,3-7,9H2,1-2H3,(H,20,25)(H,21,24)/t11-,12-,14-,15+/m0/s1. The number of hydrogen-bond donors (Lipinski definition) is 2. The fourth-order valence-corrected chi connectivity index (χ4v) is 3.78. The van der Waals surface area contributed by atoms with Gasteiger partial charge >= 0.3 is 18.4 Å². The zero-order valence-electron chi connectivity index (χ0n) is 16.4. The molecule has 0 aliphatic carbocycles. The number of alkyl halides is 1. The third-order valence-corrected chi connectivity index (χ3v) is 5.12. The molecule has 4 atom stereocenters. The van der Waals surface area contributed by atoms with E-state index in [-0.39, 0.29) is 31.0 Å². The number of urea groups is 1. The van der Waals surface area contributed by atoms with Gasteiger partial charge in [0.2, 0.25) is 11.8 Å². The van der Waals surface area contributed by atoms with Crippen molar-refractivity contribution in [2.24, 2.45) is 0 Å². The average Bonchev–Trinajstić information content (AvgIpc) is 3.18. The van der Waals surface area contributed by atoms with Gasteiger partial charge in [-0.2, -0.15) is 5.06 Å². The second-order valence-corrected chi connectivity index (χ2v) is 7.20. The van der Waals surface area contributed by atoms with Crippen LogP contribution in [0.25, 0.3) is 0 Å². The van der Waals surface area contributed by atoms with E-state index in [1.54, 1.807) is 13.0 Å². The SMILES string of the molecule is CCOC(=O)[C@H](F)ON1C(=O)N2C[C@@H]1C=C(C)[C@H]2C(=O)NCC[C@@H]1CCC(=O)N1. The number of hydrogen-bond acceptors (Lipinski definition) is 6. The van der Waals surface area contributed by atoms with E-state index in [1.807, 2.05) is 0 Å². The van der Waals surface area contributed by atoms with Crippen molar-refractivity contribution < 1.29 is 33.1 Å². The fraction of sp³-hybridized carbons (Fsp3) is 0.667. The Balaban J connectivity index is 1.57. The number of halogens is 1. The predicted molar refractivity (Wildman–Crippen MR) is 96.7 cm³/mol. The first-order chi connectivity index (χ1) is 13.8. The maximum Gasteiger partial charge on any atom is 0.370 e. The summed E-state index contributed by atoms with van der Waals surface area (Å²) in [6.07, 6.45) is 1.05. The Hall–Kier alpha value is -2.69. The first kappa shape index (κ1) is 21.0. The first-order valence-electron chi connectivity index (χ1n) is 9.64. The number of nitrogens with zero attached hydrogens (tertiary/aromatic N) is 2. The molecule has 0 aromatic rings. The van der Waals surface area contributed by atoms with Crippen molar-refractivity contribution in [3.63, 3.8) is 0 Å². The minimum Gasteiger partial charge on any atom is -0.462 e. The van der Waals surface area contributed by atoms with Gasteiger partial charge in [-0.15, -0.1) is 0 Å². The van der Waals surface area contributed by atoms with Crippen LogP contribution in [0.15, 0.2) is 11.6 Å². The van der Waals surface area contributed by atoms with Crippen molar-refractivity contribution in [3.8, 4) is 0 Å². The summed E-state index contributed by atoms with van der Waals surface area (Å²) in [5.41, 5.74) is 0.624. The third-order valence-electron chi connectivity index (χ3n) is 5.12. The highest BCUT2D eigenvalue weighted by Gasteiger charge is 2.48. The molecule has 160 valence electrons. The van der Waals surface area contributed by atoms with Crippen LogP contribution in [0.1, 0.15) is 33.1 Å². The first-order valence-corrected chi connectivity index (χ1v) is 9.64. The van der Waals surface area contributed by atoms with Gasteiger partial charge in [-0.05, 0) is 32.3 Å². The highest BCUT2D eigenvalue weighted by molar-refractivity contribution is 5.91. The molecule has 29 heavy (non-hydrogen) atoms. The number of ether oxygens (including phenoxy) is 1. The summed E-state index contributed by atoms with van der Waals surface area (Å²) in [6.45, 7) is 3.71. The second-order valence-electron chi connectivity index (χ2n) is 7.20. The van der Waals surface area contributed by atoms with Gasteiger partial charge in [0.05, 0.1) is 19.2 Å². The molecule has 0 unspecified atom stereocenters. The van der Waals surface area contributed by atoms with Crippen molar-refractivity contribution in [1.29, 1.82) is 0 Å². The van der Waals surface area contributed by atoms with Crippen LogP contribution < -0.4 is 10.6 Å². The Labute approximate surface area is 167 Å². The third kappa shape index (κ3) is 4.50. The van der Waals surface area contributed by atoms with E-state index in [0.717, 1.165) is 11.5 Å². The molecule has 2 N–H and O–H groups in total. The smallest absolute Gasteiger partial charge is 0.370 e. The van der Waals surface area contributed by atoms with Gasteiger partial charge < -0.3 is 20.3 Å². The Morgan fingerprint density at radius 1 is 1.41 bits per heavy atom. The molecule has 0 spiro atoms. The molecule has 3 aliphatic rings. The summed E-state index contributed by atoms with van der Waals surface area (Å²) >= 11 is 0. The lowest BCUT2D eigenvalue weighted by atomic mass is 10.00. The molecule has 11 heteroatoms. The maximum absolute atomic E-state index is 13.9. The molecular weight excluding hydrogens is 387 g/mol. The summed E-state index contributed by atoms with van der Waals surface area (Å²) in [7, 11) is 0. The van der Waals surface area contributed by atoms with Crippen LogP contribution >= 0.6 is 0 Å². The number of fused-ring (bicyclic) bond motifs is 2. The molecular formula is C18H25FN4O6. The quantitative estimate of drug-likeness (QED) is 0.428. The van der Waals surface area contributed by atoms with Crippen LogP contribution in [-0.2, 0) is 24.0 Å². The second kappa shape index (κ2) is 8.76. The molecule has 10 nitrogen and oxygen atoms in total. The van der Waals surface area contributed by atoms with Crippen molar-refractivity contribution in [1.82, 2.24) is 20.6 Å².